The Hall–Kier alpha value is -2.07. The van der Waals surface area contributed by atoms with Crippen LogP contribution in [-0.4, -0.2) is 38.8 Å². The number of aromatic nitrogens is 1. The van der Waals surface area contributed by atoms with Crippen LogP contribution in [0.15, 0.2) is 41.3 Å². The number of benzene rings is 1. The molecule has 0 radical (unpaired) electrons. The van der Waals surface area contributed by atoms with Gasteiger partial charge in [-0.15, -0.1) is 22.7 Å². The molecule has 3 aromatic rings. The molecule has 0 fully saturated rings. The SMILES string of the molecule is COCCS(=O)(=O)c1ccc(C(=O)Nc2nc(-c3ccc(C)s3)c(C)s2)cc1. The number of aryl methyl sites for hydroxylation is 2. The molecule has 0 saturated carbocycles. The lowest BCUT2D eigenvalue weighted by Crippen LogP contribution is -2.14. The van der Waals surface area contributed by atoms with Crippen LogP contribution in [0.25, 0.3) is 10.6 Å². The minimum atomic E-state index is -3.42. The maximum absolute atomic E-state index is 12.5. The van der Waals surface area contributed by atoms with Gasteiger partial charge in [-0.25, -0.2) is 13.4 Å². The molecule has 2 aromatic heterocycles. The van der Waals surface area contributed by atoms with Gasteiger partial charge in [0.1, 0.15) is 0 Å². The van der Waals surface area contributed by atoms with Crippen LogP contribution in [-0.2, 0) is 14.6 Å². The lowest BCUT2D eigenvalue weighted by molar-refractivity contribution is 0.102. The number of rotatable bonds is 7. The fourth-order valence-electron chi connectivity index (χ4n) is 2.53. The van der Waals surface area contributed by atoms with E-state index >= 15 is 0 Å². The Morgan fingerprint density at radius 2 is 1.82 bits per heavy atom. The molecule has 1 amide bonds. The second-order valence-electron chi connectivity index (χ2n) is 6.12. The van der Waals surface area contributed by atoms with Crippen LogP contribution < -0.4 is 5.32 Å². The van der Waals surface area contributed by atoms with Gasteiger partial charge >= 0.3 is 0 Å². The minimum absolute atomic E-state index is 0.0988. The number of sulfone groups is 1. The molecule has 0 aliphatic rings. The van der Waals surface area contributed by atoms with E-state index in [0.29, 0.717) is 10.7 Å². The van der Waals surface area contributed by atoms with E-state index in [1.807, 2.05) is 26.0 Å². The van der Waals surface area contributed by atoms with Crippen molar-refractivity contribution in [3.05, 3.63) is 51.7 Å². The van der Waals surface area contributed by atoms with Gasteiger partial charge in [0.05, 0.1) is 27.8 Å². The number of methoxy groups -OCH3 is 1. The molecule has 0 atom stereocenters. The normalized spacial score (nSPS) is 11.5. The van der Waals surface area contributed by atoms with E-state index in [-0.39, 0.29) is 23.2 Å². The van der Waals surface area contributed by atoms with Crippen molar-refractivity contribution in [2.24, 2.45) is 0 Å². The average Bonchev–Trinajstić information content (AvgIpc) is 3.25. The maximum Gasteiger partial charge on any atom is 0.257 e. The number of hydrogen-bond donors (Lipinski definition) is 1. The van der Waals surface area contributed by atoms with E-state index in [9.17, 15) is 13.2 Å². The fourth-order valence-corrected chi connectivity index (χ4v) is 5.51. The number of nitrogens with zero attached hydrogens (tertiary/aromatic N) is 1. The van der Waals surface area contributed by atoms with Gasteiger partial charge in [-0.3, -0.25) is 10.1 Å². The van der Waals surface area contributed by atoms with Crippen LogP contribution in [0, 0.1) is 13.8 Å². The van der Waals surface area contributed by atoms with E-state index in [1.54, 1.807) is 11.3 Å². The fraction of sp³-hybridized carbons (Fsp3) is 0.263. The van der Waals surface area contributed by atoms with E-state index in [0.717, 1.165) is 15.4 Å². The topological polar surface area (TPSA) is 85.4 Å². The van der Waals surface area contributed by atoms with Crippen molar-refractivity contribution < 1.29 is 17.9 Å². The molecule has 148 valence electrons. The van der Waals surface area contributed by atoms with Crippen molar-refractivity contribution in [1.29, 1.82) is 0 Å². The van der Waals surface area contributed by atoms with Gasteiger partial charge in [-0.2, -0.15) is 0 Å². The van der Waals surface area contributed by atoms with E-state index in [4.69, 9.17) is 4.74 Å². The molecular weight excluding hydrogens is 416 g/mol. The highest BCUT2D eigenvalue weighted by molar-refractivity contribution is 7.91. The monoisotopic (exact) mass is 436 g/mol. The van der Waals surface area contributed by atoms with Crippen LogP contribution in [0.1, 0.15) is 20.1 Å². The Balaban J connectivity index is 1.73. The summed E-state index contributed by atoms with van der Waals surface area (Å²) in [7, 11) is -1.97. The lowest BCUT2D eigenvalue weighted by Gasteiger charge is -2.05. The minimum Gasteiger partial charge on any atom is -0.384 e. The number of anilines is 1. The van der Waals surface area contributed by atoms with Gasteiger partial charge in [0.25, 0.3) is 5.91 Å². The highest BCUT2D eigenvalue weighted by Crippen LogP contribution is 2.34. The molecular formula is C19H20N2O4S3. The summed E-state index contributed by atoms with van der Waals surface area (Å²) in [6.07, 6.45) is 0. The summed E-state index contributed by atoms with van der Waals surface area (Å²) in [6.45, 7) is 4.13. The first-order valence-electron chi connectivity index (χ1n) is 8.47. The molecule has 0 aliphatic carbocycles. The van der Waals surface area contributed by atoms with Crippen LogP contribution in [0.4, 0.5) is 5.13 Å². The summed E-state index contributed by atoms with van der Waals surface area (Å²) in [6, 6.07) is 9.94. The zero-order chi connectivity index (χ0) is 20.3. The molecule has 6 nitrogen and oxygen atoms in total. The zero-order valence-electron chi connectivity index (χ0n) is 15.7. The van der Waals surface area contributed by atoms with Gasteiger partial charge in [-0.05, 0) is 50.2 Å². The predicted octanol–water partition coefficient (Wildman–Crippen LogP) is 4.16. The second-order valence-corrected chi connectivity index (χ2v) is 10.7. The van der Waals surface area contributed by atoms with Crippen molar-refractivity contribution in [1.82, 2.24) is 4.98 Å². The summed E-state index contributed by atoms with van der Waals surface area (Å²) < 4.78 is 29.1. The smallest absolute Gasteiger partial charge is 0.257 e. The summed E-state index contributed by atoms with van der Waals surface area (Å²) in [5, 5.41) is 3.31. The van der Waals surface area contributed by atoms with Crippen molar-refractivity contribution >= 4 is 43.5 Å². The molecule has 1 aromatic carbocycles. The van der Waals surface area contributed by atoms with Gasteiger partial charge in [-0.1, -0.05) is 0 Å². The van der Waals surface area contributed by atoms with E-state index in [1.165, 1.54) is 47.6 Å². The summed E-state index contributed by atoms with van der Waals surface area (Å²) in [5.74, 6) is -0.429. The van der Waals surface area contributed by atoms with Crippen LogP contribution in [0.5, 0.6) is 0 Å². The first-order valence-corrected chi connectivity index (χ1v) is 11.8. The largest absolute Gasteiger partial charge is 0.384 e. The third-order valence-corrected chi connectivity index (χ3v) is 7.61. The maximum atomic E-state index is 12.5. The standard InChI is InChI=1S/C19H20N2O4S3/c1-12-4-9-16(26-12)17-13(2)27-19(20-17)21-18(22)14-5-7-15(8-6-14)28(23,24)11-10-25-3/h4-9H,10-11H2,1-3H3,(H,20,21,22). The third-order valence-electron chi connectivity index (χ3n) is 4.02. The van der Waals surface area contributed by atoms with Crippen molar-refractivity contribution in [3.8, 4) is 10.6 Å². The summed E-state index contributed by atoms with van der Waals surface area (Å²) in [5.41, 5.74) is 1.24. The van der Waals surface area contributed by atoms with Crippen LogP contribution >= 0.6 is 22.7 Å². The molecule has 1 N–H and O–H groups in total. The predicted molar refractivity (Wildman–Crippen MR) is 113 cm³/mol. The van der Waals surface area contributed by atoms with Gasteiger partial charge < -0.3 is 4.74 Å². The number of carbonyl (C=O) groups is 1. The molecule has 2 heterocycles. The average molecular weight is 437 g/mol. The first-order chi connectivity index (χ1) is 13.3. The van der Waals surface area contributed by atoms with Gasteiger partial charge in [0, 0.05) is 22.4 Å². The van der Waals surface area contributed by atoms with Crippen LogP contribution in [0.2, 0.25) is 0 Å². The number of thiazole rings is 1. The number of hydrogen-bond acceptors (Lipinski definition) is 7. The molecule has 9 heteroatoms. The van der Waals surface area contributed by atoms with Gasteiger partial charge in [0.15, 0.2) is 15.0 Å². The van der Waals surface area contributed by atoms with Crippen molar-refractivity contribution in [3.63, 3.8) is 0 Å². The Kier molecular flexibility index (Phi) is 6.29. The zero-order valence-corrected chi connectivity index (χ0v) is 18.1. The molecule has 0 saturated heterocycles. The Labute approximate surface area is 172 Å². The number of nitrogens with one attached hydrogen (secondary N) is 1. The quantitative estimate of drug-likeness (QED) is 0.601. The molecule has 0 unspecified atom stereocenters. The molecule has 28 heavy (non-hydrogen) atoms. The lowest BCUT2D eigenvalue weighted by atomic mass is 10.2. The molecule has 0 bridgehead atoms. The number of ether oxygens (including phenoxy) is 1. The van der Waals surface area contributed by atoms with E-state index in [2.05, 4.69) is 10.3 Å². The Morgan fingerprint density at radius 1 is 1.11 bits per heavy atom. The Bertz CT molecular complexity index is 1080. The number of carbonyl (C=O) groups excluding carboxylic acids is 1. The first kappa shape index (κ1) is 20.7. The Morgan fingerprint density at radius 3 is 2.43 bits per heavy atom. The van der Waals surface area contributed by atoms with Gasteiger partial charge in [0.2, 0.25) is 0 Å². The number of thiophene rings is 1. The van der Waals surface area contributed by atoms with Crippen molar-refractivity contribution in [2.75, 3.05) is 24.8 Å². The summed E-state index contributed by atoms with van der Waals surface area (Å²) >= 11 is 3.07. The second kappa shape index (κ2) is 8.52. The summed E-state index contributed by atoms with van der Waals surface area (Å²) in [4.78, 5) is 20.5. The molecule has 0 spiro atoms. The molecule has 3 rings (SSSR count). The highest BCUT2D eigenvalue weighted by atomic mass is 32.2. The number of amides is 1. The van der Waals surface area contributed by atoms with Crippen LogP contribution in [0.3, 0.4) is 0 Å². The molecule has 0 aliphatic heterocycles. The highest BCUT2D eigenvalue weighted by Gasteiger charge is 2.17. The van der Waals surface area contributed by atoms with Crippen molar-refractivity contribution in [2.45, 2.75) is 18.7 Å². The van der Waals surface area contributed by atoms with E-state index < -0.39 is 9.84 Å². The third kappa shape index (κ3) is 4.67.